The lowest BCUT2D eigenvalue weighted by atomic mass is 10.1. The van der Waals surface area contributed by atoms with E-state index in [4.69, 9.17) is 9.47 Å². The van der Waals surface area contributed by atoms with Crippen molar-refractivity contribution in [2.45, 2.75) is 38.6 Å². The lowest BCUT2D eigenvalue weighted by Crippen LogP contribution is -2.45. The van der Waals surface area contributed by atoms with Gasteiger partial charge in [0.05, 0.1) is 6.33 Å². The zero-order valence-electron chi connectivity index (χ0n) is 19.7. The largest absolute Gasteiger partial charge is 0.464 e. The SMILES string of the molecule is C=CC(=O)N1[C@H](COC(C)=O)[C@@H](OC(C)=O)C[C@@H]1n1cnc2c(NC(=O)c3ccccc3)ncnc21. The third-order valence-electron chi connectivity index (χ3n) is 5.70. The number of nitrogens with one attached hydrogen (secondary N) is 1. The molecule has 36 heavy (non-hydrogen) atoms. The predicted molar refractivity (Wildman–Crippen MR) is 126 cm³/mol. The minimum absolute atomic E-state index is 0.177. The minimum Gasteiger partial charge on any atom is -0.464 e. The molecule has 0 unspecified atom stereocenters. The summed E-state index contributed by atoms with van der Waals surface area (Å²) < 4.78 is 12.3. The Kier molecular flexibility index (Phi) is 7.04. The number of aromatic nitrogens is 4. The van der Waals surface area contributed by atoms with Gasteiger partial charge in [-0.3, -0.25) is 23.7 Å². The van der Waals surface area contributed by atoms with Crippen molar-refractivity contribution >= 4 is 40.7 Å². The van der Waals surface area contributed by atoms with Gasteiger partial charge in [0, 0.05) is 25.8 Å². The number of nitrogens with zero attached hydrogens (tertiary/aromatic N) is 5. The number of ether oxygens (including phenoxy) is 2. The molecule has 0 aliphatic carbocycles. The second-order valence-electron chi connectivity index (χ2n) is 8.05. The van der Waals surface area contributed by atoms with Gasteiger partial charge in [-0.1, -0.05) is 24.8 Å². The Balaban J connectivity index is 1.71. The fourth-order valence-corrected chi connectivity index (χ4v) is 4.20. The van der Waals surface area contributed by atoms with Crippen molar-refractivity contribution in [3.63, 3.8) is 0 Å². The third kappa shape index (κ3) is 4.92. The Morgan fingerprint density at radius 3 is 2.53 bits per heavy atom. The van der Waals surface area contributed by atoms with Crippen LogP contribution in [0.15, 0.2) is 55.6 Å². The molecule has 3 heterocycles. The highest BCUT2D eigenvalue weighted by Gasteiger charge is 2.47. The number of hydrogen-bond donors (Lipinski definition) is 1. The molecule has 1 N–H and O–H groups in total. The second-order valence-corrected chi connectivity index (χ2v) is 8.05. The van der Waals surface area contributed by atoms with E-state index in [1.807, 2.05) is 0 Å². The number of benzene rings is 1. The van der Waals surface area contributed by atoms with Crippen LogP contribution in [-0.4, -0.2) is 66.9 Å². The molecule has 3 atom stereocenters. The number of carbonyl (C=O) groups excluding carboxylic acids is 4. The van der Waals surface area contributed by atoms with Crippen molar-refractivity contribution in [3.05, 3.63) is 61.2 Å². The number of hydrogen-bond acceptors (Lipinski definition) is 9. The maximum atomic E-state index is 12.9. The zero-order valence-corrected chi connectivity index (χ0v) is 19.7. The van der Waals surface area contributed by atoms with Gasteiger partial charge in [-0.15, -0.1) is 0 Å². The quantitative estimate of drug-likeness (QED) is 0.386. The summed E-state index contributed by atoms with van der Waals surface area (Å²) in [4.78, 5) is 63.1. The van der Waals surface area contributed by atoms with Crippen LogP contribution in [0.3, 0.4) is 0 Å². The highest BCUT2D eigenvalue weighted by atomic mass is 16.6. The maximum Gasteiger partial charge on any atom is 0.302 e. The molecule has 0 saturated carbocycles. The summed E-state index contributed by atoms with van der Waals surface area (Å²) in [6.45, 7) is 5.90. The Hall–Kier alpha value is -4.61. The molecule has 1 aromatic carbocycles. The van der Waals surface area contributed by atoms with E-state index in [1.54, 1.807) is 34.9 Å². The Morgan fingerprint density at radius 2 is 1.86 bits per heavy atom. The van der Waals surface area contributed by atoms with E-state index in [2.05, 4.69) is 26.8 Å². The number of rotatable bonds is 7. The number of esters is 2. The van der Waals surface area contributed by atoms with Gasteiger partial charge < -0.3 is 19.7 Å². The summed E-state index contributed by atoms with van der Waals surface area (Å²) >= 11 is 0. The van der Waals surface area contributed by atoms with Crippen LogP contribution in [0.4, 0.5) is 5.82 Å². The van der Waals surface area contributed by atoms with Crippen LogP contribution >= 0.6 is 0 Å². The number of amides is 2. The summed E-state index contributed by atoms with van der Waals surface area (Å²) in [5, 5.41) is 2.74. The van der Waals surface area contributed by atoms with Gasteiger partial charge in [0.1, 0.15) is 31.2 Å². The van der Waals surface area contributed by atoms with Gasteiger partial charge >= 0.3 is 11.9 Å². The van der Waals surface area contributed by atoms with Gasteiger partial charge in [-0.2, -0.15) is 0 Å². The van der Waals surface area contributed by atoms with Crippen molar-refractivity contribution in [3.8, 4) is 0 Å². The topological polar surface area (TPSA) is 146 Å². The smallest absolute Gasteiger partial charge is 0.302 e. The average Bonchev–Trinajstić information content (AvgIpc) is 3.44. The average molecular weight is 492 g/mol. The molecular formula is C24H24N6O6. The van der Waals surface area contributed by atoms with Crippen molar-refractivity contribution < 1.29 is 28.7 Å². The minimum atomic E-state index is -0.759. The highest BCUT2D eigenvalue weighted by Crippen LogP contribution is 2.37. The molecule has 0 bridgehead atoms. The van der Waals surface area contributed by atoms with E-state index < -0.39 is 36.2 Å². The summed E-state index contributed by atoms with van der Waals surface area (Å²) in [7, 11) is 0. The van der Waals surface area contributed by atoms with Crippen LogP contribution in [0.2, 0.25) is 0 Å². The van der Waals surface area contributed by atoms with Crippen LogP contribution < -0.4 is 5.32 Å². The normalized spacial score (nSPS) is 19.1. The van der Waals surface area contributed by atoms with Gasteiger partial charge in [0.2, 0.25) is 5.91 Å². The number of carbonyl (C=O) groups is 4. The lowest BCUT2D eigenvalue weighted by molar-refractivity contribution is -0.153. The van der Waals surface area contributed by atoms with Crippen LogP contribution in [0.5, 0.6) is 0 Å². The van der Waals surface area contributed by atoms with Crippen LogP contribution in [0.25, 0.3) is 11.2 Å². The van der Waals surface area contributed by atoms with Crippen LogP contribution in [0.1, 0.15) is 36.8 Å². The zero-order chi connectivity index (χ0) is 25.8. The number of anilines is 1. The van der Waals surface area contributed by atoms with E-state index in [1.165, 1.54) is 31.4 Å². The molecule has 0 spiro atoms. The van der Waals surface area contributed by atoms with Crippen molar-refractivity contribution in [2.75, 3.05) is 11.9 Å². The molecule has 2 amide bonds. The summed E-state index contributed by atoms with van der Waals surface area (Å²) in [6, 6.07) is 7.87. The molecule has 1 aliphatic heterocycles. The van der Waals surface area contributed by atoms with Gasteiger partial charge in [-0.05, 0) is 18.2 Å². The van der Waals surface area contributed by atoms with Crippen LogP contribution in [-0.2, 0) is 23.9 Å². The van der Waals surface area contributed by atoms with E-state index in [9.17, 15) is 19.2 Å². The first-order chi connectivity index (χ1) is 17.3. The Labute approximate surface area is 205 Å². The fraction of sp³-hybridized carbons (Fsp3) is 0.292. The number of imidazole rings is 1. The van der Waals surface area contributed by atoms with Crippen molar-refractivity contribution in [1.82, 2.24) is 24.4 Å². The molecule has 2 aromatic heterocycles. The van der Waals surface area contributed by atoms with Crippen molar-refractivity contribution in [2.24, 2.45) is 0 Å². The molecule has 186 valence electrons. The summed E-state index contributed by atoms with van der Waals surface area (Å²) in [5.41, 5.74) is 1.09. The van der Waals surface area contributed by atoms with E-state index >= 15 is 0 Å². The first kappa shape index (κ1) is 24.5. The van der Waals surface area contributed by atoms with Gasteiger partial charge in [-0.25, -0.2) is 15.0 Å². The summed E-state index contributed by atoms with van der Waals surface area (Å²) in [5.74, 6) is -1.71. The molecular weight excluding hydrogens is 468 g/mol. The third-order valence-corrected chi connectivity index (χ3v) is 5.70. The number of fused-ring (bicyclic) bond motifs is 1. The monoisotopic (exact) mass is 492 g/mol. The molecule has 12 heteroatoms. The lowest BCUT2D eigenvalue weighted by Gasteiger charge is -2.30. The van der Waals surface area contributed by atoms with Gasteiger partial charge in [0.15, 0.2) is 17.0 Å². The molecule has 0 radical (unpaired) electrons. The molecule has 1 fully saturated rings. The van der Waals surface area contributed by atoms with Gasteiger partial charge in [0.25, 0.3) is 5.91 Å². The maximum absolute atomic E-state index is 12.9. The molecule has 4 rings (SSSR count). The number of likely N-dealkylation sites (tertiary alicyclic amines) is 1. The second kappa shape index (κ2) is 10.3. The first-order valence-electron chi connectivity index (χ1n) is 11.1. The molecule has 1 aliphatic rings. The van der Waals surface area contributed by atoms with E-state index in [-0.39, 0.29) is 24.8 Å². The van der Waals surface area contributed by atoms with E-state index in [0.717, 1.165) is 6.08 Å². The van der Waals surface area contributed by atoms with Crippen molar-refractivity contribution in [1.29, 1.82) is 0 Å². The Bertz CT molecular complexity index is 1320. The molecule has 1 saturated heterocycles. The predicted octanol–water partition coefficient (Wildman–Crippen LogP) is 1.86. The standard InChI is InChI=1S/C24H24N6O6/c1-4-20(33)30-17(11-35-14(2)31)18(36-15(3)32)10-19(30)29-13-27-21-22(25-12-26-23(21)29)28-24(34)16-8-6-5-7-9-16/h4-9,12-13,17-19H,1,10-11H2,2-3H3,(H,25,26,28,34)/t17-,18+,19-/m1/s1. The fourth-order valence-electron chi connectivity index (χ4n) is 4.20. The highest BCUT2D eigenvalue weighted by molar-refractivity contribution is 6.06. The molecule has 12 nitrogen and oxygen atoms in total. The first-order valence-corrected chi connectivity index (χ1v) is 11.1. The molecule has 3 aromatic rings. The van der Waals surface area contributed by atoms with E-state index in [0.29, 0.717) is 16.7 Å². The summed E-state index contributed by atoms with van der Waals surface area (Å²) in [6.07, 6.45) is 2.60. The Morgan fingerprint density at radius 1 is 1.11 bits per heavy atom. The van der Waals surface area contributed by atoms with Crippen LogP contribution in [0, 0.1) is 0 Å².